The second-order valence-electron chi connectivity index (χ2n) is 3.94. The maximum atomic E-state index is 13.7. The zero-order valence-corrected chi connectivity index (χ0v) is 11.6. The molecule has 3 N–H and O–H groups in total. The second-order valence-corrected chi connectivity index (χ2v) is 6.54. The van der Waals surface area contributed by atoms with E-state index in [-0.39, 0.29) is 10.6 Å². The van der Waals surface area contributed by atoms with Gasteiger partial charge < -0.3 is 5.32 Å². The summed E-state index contributed by atoms with van der Waals surface area (Å²) in [5, 5.41) is 9.84. The third-order valence-corrected chi connectivity index (χ3v) is 4.38. The van der Waals surface area contributed by atoms with Gasteiger partial charge in [-0.05, 0) is 36.1 Å². The molecule has 0 atom stereocenters. The van der Waals surface area contributed by atoms with Crippen molar-refractivity contribution in [2.75, 3.05) is 11.9 Å². The van der Waals surface area contributed by atoms with Gasteiger partial charge in [0.1, 0.15) is 5.82 Å². The van der Waals surface area contributed by atoms with Crippen LogP contribution in [0.2, 0.25) is 0 Å². The molecule has 0 spiro atoms. The van der Waals surface area contributed by atoms with Gasteiger partial charge in [-0.2, -0.15) is 0 Å². The van der Waals surface area contributed by atoms with Gasteiger partial charge in [0.25, 0.3) is 0 Å². The summed E-state index contributed by atoms with van der Waals surface area (Å²) in [5.41, 5.74) is 0.268. The normalized spacial score (nSPS) is 11.5. The van der Waals surface area contributed by atoms with Gasteiger partial charge in [-0.1, -0.05) is 6.07 Å². The minimum Gasteiger partial charge on any atom is -0.382 e. The van der Waals surface area contributed by atoms with E-state index in [2.05, 4.69) is 5.32 Å². The van der Waals surface area contributed by atoms with E-state index in [4.69, 9.17) is 5.14 Å². The van der Waals surface area contributed by atoms with Crippen LogP contribution in [-0.2, 0) is 16.4 Å². The molecule has 0 aliphatic heterocycles. The van der Waals surface area contributed by atoms with E-state index in [9.17, 15) is 12.8 Å². The maximum Gasteiger partial charge on any atom is 0.238 e. The van der Waals surface area contributed by atoms with Gasteiger partial charge in [0.05, 0.1) is 10.6 Å². The number of hydrogen-bond acceptors (Lipinski definition) is 4. The summed E-state index contributed by atoms with van der Waals surface area (Å²) in [5.74, 6) is -0.627. The van der Waals surface area contributed by atoms with Crippen LogP contribution in [0.4, 0.5) is 10.1 Å². The number of thiophene rings is 1. The number of hydrogen-bond donors (Lipinski definition) is 2. The van der Waals surface area contributed by atoms with E-state index in [0.717, 1.165) is 12.5 Å². The van der Waals surface area contributed by atoms with Crippen LogP contribution in [0, 0.1) is 5.82 Å². The zero-order valence-electron chi connectivity index (χ0n) is 9.97. The van der Waals surface area contributed by atoms with Gasteiger partial charge in [-0.15, -0.1) is 11.3 Å². The lowest BCUT2D eigenvalue weighted by Crippen LogP contribution is -2.13. The number of anilines is 1. The van der Waals surface area contributed by atoms with Crippen LogP contribution < -0.4 is 10.5 Å². The van der Waals surface area contributed by atoms with Gasteiger partial charge in [0.2, 0.25) is 10.0 Å². The van der Waals surface area contributed by atoms with Crippen LogP contribution in [0.15, 0.2) is 40.6 Å². The highest BCUT2D eigenvalue weighted by Gasteiger charge is 2.11. The van der Waals surface area contributed by atoms with E-state index in [0.29, 0.717) is 6.54 Å². The van der Waals surface area contributed by atoms with E-state index in [1.165, 1.54) is 17.0 Å². The Morgan fingerprint density at radius 2 is 2.11 bits per heavy atom. The molecule has 0 bridgehead atoms. The summed E-state index contributed by atoms with van der Waals surface area (Å²) in [6.07, 6.45) is 0.786. The molecule has 0 aliphatic rings. The Hall–Kier alpha value is -1.44. The summed E-state index contributed by atoms with van der Waals surface area (Å²) in [7, 11) is -3.86. The van der Waals surface area contributed by atoms with Crippen molar-refractivity contribution in [3.8, 4) is 0 Å². The Kier molecular flexibility index (Phi) is 4.18. The van der Waals surface area contributed by atoms with Crippen molar-refractivity contribution in [2.24, 2.45) is 5.14 Å². The summed E-state index contributed by atoms with van der Waals surface area (Å²) < 4.78 is 35.8. The molecule has 7 heteroatoms. The van der Waals surface area contributed by atoms with Crippen molar-refractivity contribution in [1.29, 1.82) is 0 Å². The van der Waals surface area contributed by atoms with E-state index in [1.54, 1.807) is 11.3 Å². The number of halogens is 1. The molecule has 19 heavy (non-hydrogen) atoms. The first-order chi connectivity index (χ1) is 8.97. The van der Waals surface area contributed by atoms with Gasteiger partial charge >= 0.3 is 0 Å². The highest BCUT2D eigenvalue weighted by atomic mass is 32.2. The lowest BCUT2D eigenvalue weighted by Gasteiger charge is -2.08. The van der Waals surface area contributed by atoms with Crippen molar-refractivity contribution in [3.63, 3.8) is 0 Å². The zero-order chi connectivity index (χ0) is 13.9. The molecule has 1 heterocycles. The van der Waals surface area contributed by atoms with Crippen LogP contribution in [0.3, 0.4) is 0 Å². The van der Waals surface area contributed by atoms with Gasteiger partial charge in [0.15, 0.2) is 0 Å². The molecular weight excluding hydrogens is 287 g/mol. The Balaban J connectivity index is 2.01. The Bertz CT molecular complexity index is 654. The van der Waals surface area contributed by atoms with Crippen molar-refractivity contribution in [3.05, 3.63) is 46.4 Å². The summed E-state index contributed by atoms with van der Waals surface area (Å²) in [4.78, 5) is 0.975. The fraction of sp³-hybridized carbons (Fsp3) is 0.167. The molecule has 0 saturated carbocycles. The minimum absolute atomic E-state index is 0.228. The van der Waals surface area contributed by atoms with Crippen molar-refractivity contribution >= 4 is 27.0 Å². The first kappa shape index (κ1) is 14.0. The van der Waals surface area contributed by atoms with Gasteiger partial charge in [0, 0.05) is 11.4 Å². The SMILES string of the molecule is NS(=O)(=O)c1ccc(NCCc2cccs2)c(F)c1. The monoisotopic (exact) mass is 300 g/mol. The lowest BCUT2D eigenvalue weighted by atomic mass is 10.3. The fourth-order valence-corrected chi connectivity index (χ4v) is 2.83. The number of nitrogens with two attached hydrogens (primary N) is 1. The van der Waals surface area contributed by atoms with Crippen LogP contribution >= 0.6 is 11.3 Å². The van der Waals surface area contributed by atoms with Crippen LogP contribution in [0.5, 0.6) is 0 Å². The third-order valence-electron chi connectivity index (χ3n) is 2.54. The first-order valence-electron chi connectivity index (χ1n) is 5.55. The summed E-state index contributed by atoms with van der Waals surface area (Å²) in [6.45, 7) is 0.576. The predicted octanol–water partition coefficient (Wildman–Crippen LogP) is 2.19. The Morgan fingerprint density at radius 1 is 1.32 bits per heavy atom. The molecule has 0 radical (unpaired) electrons. The first-order valence-corrected chi connectivity index (χ1v) is 7.98. The molecule has 0 amide bonds. The van der Waals surface area contributed by atoms with Crippen molar-refractivity contribution < 1.29 is 12.8 Å². The molecule has 1 aromatic carbocycles. The molecular formula is C12H13FN2O2S2. The van der Waals surface area contributed by atoms with E-state index >= 15 is 0 Å². The average molecular weight is 300 g/mol. The Morgan fingerprint density at radius 3 is 2.68 bits per heavy atom. The number of primary sulfonamides is 1. The number of sulfonamides is 1. The average Bonchev–Trinajstić information content (AvgIpc) is 2.83. The third kappa shape index (κ3) is 3.76. The lowest BCUT2D eigenvalue weighted by molar-refractivity contribution is 0.593. The van der Waals surface area contributed by atoms with Crippen LogP contribution in [-0.4, -0.2) is 15.0 Å². The summed E-state index contributed by atoms with van der Waals surface area (Å²) >= 11 is 1.64. The number of benzene rings is 1. The van der Waals surface area contributed by atoms with Crippen LogP contribution in [0.1, 0.15) is 4.88 Å². The molecule has 0 saturated heterocycles. The van der Waals surface area contributed by atoms with Gasteiger partial charge in [-0.3, -0.25) is 0 Å². The number of nitrogens with one attached hydrogen (secondary N) is 1. The van der Waals surface area contributed by atoms with Crippen molar-refractivity contribution in [2.45, 2.75) is 11.3 Å². The second kappa shape index (κ2) is 5.68. The van der Waals surface area contributed by atoms with Crippen LogP contribution in [0.25, 0.3) is 0 Å². The van der Waals surface area contributed by atoms with E-state index < -0.39 is 15.8 Å². The molecule has 4 nitrogen and oxygen atoms in total. The Labute approximate surface area is 115 Å². The molecule has 2 rings (SSSR count). The molecule has 0 aliphatic carbocycles. The fourth-order valence-electron chi connectivity index (χ4n) is 1.59. The largest absolute Gasteiger partial charge is 0.382 e. The maximum absolute atomic E-state index is 13.7. The highest BCUT2D eigenvalue weighted by Crippen LogP contribution is 2.18. The molecule has 102 valence electrons. The van der Waals surface area contributed by atoms with E-state index in [1.807, 2.05) is 17.5 Å². The number of rotatable bonds is 5. The van der Waals surface area contributed by atoms with Crippen molar-refractivity contribution in [1.82, 2.24) is 0 Å². The standard InChI is InChI=1S/C12H13FN2O2S2/c13-11-8-10(19(14,16)17)3-4-12(11)15-6-5-9-2-1-7-18-9/h1-4,7-8,15H,5-6H2,(H2,14,16,17). The minimum atomic E-state index is -3.86. The molecule has 0 fully saturated rings. The predicted molar refractivity (Wildman–Crippen MR) is 74.3 cm³/mol. The summed E-state index contributed by atoms with van der Waals surface area (Å²) in [6, 6.07) is 7.55. The quantitative estimate of drug-likeness (QED) is 0.889. The van der Waals surface area contributed by atoms with Gasteiger partial charge in [-0.25, -0.2) is 17.9 Å². The molecule has 1 aromatic heterocycles. The molecule has 2 aromatic rings. The molecule has 0 unspecified atom stereocenters. The highest BCUT2D eigenvalue weighted by molar-refractivity contribution is 7.89. The topological polar surface area (TPSA) is 72.2 Å². The smallest absolute Gasteiger partial charge is 0.238 e.